The molecule has 0 saturated carbocycles. The molecule has 0 fully saturated rings. The highest BCUT2D eigenvalue weighted by molar-refractivity contribution is 6.04. The first-order valence-electron chi connectivity index (χ1n) is 10.7. The number of carbonyl (C=O) groups is 1. The average molecular weight is 397 g/mol. The summed E-state index contributed by atoms with van der Waals surface area (Å²) in [7, 11) is 0. The van der Waals surface area contributed by atoms with E-state index < -0.39 is 0 Å². The Bertz CT molecular complexity index is 1040. The van der Waals surface area contributed by atoms with Gasteiger partial charge in [-0.2, -0.15) is 0 Å². The molecule has 4 rings (SSSR count). The minimum absolute atomic E-state index is 0.0748. The second kappa shape index (κ2) is 9.45. The van der Waals surface area contributed by atoms with E-state index in [0.717, 1.165) is 38.0 Å². The van der Waals surface area contributed by atoms with Gasteiger partial charge in [-0.3, -0.25) is 4.79 Å². The van der Waals surface area contributed by atoms with Crippen LogP contribution in [0.5, 0.6) is 0 Å². The van der Waals surface area contributed by atoms with Crippen LogP contribution in [0.25, 0.3) is 6.08 Å². The fraction of sp³-hybridized carbons (Fsp3) is 0.222. The van der Waals surface area contributed by atoms with Gasteiger partial charge in [-0.05, 0) is 59.9 Å². The fourth-order valence-corrected chi connectivity index (χ4v) is 4.00. The molecule has 3 aromatic rings. The second-order valence-electron chi connectivity index (χ2n) is 7.77. The predicted molar refractivity (Wildman–Crippen MR) is 125 cm³/mol. The Labute approximate surface area is 179 Å². The molecule has 1 aliphatic rings. The van der Waals surface area contributed by atoms with Gasteiger partial charge in [0, 0.05) is 36.5 Å². The lowest BCUT2D eigenvalue weighted by Gasteiger charge is -2.26. The summed E-state index contributed by atoms with van der Waals surface area (Å²) in [5.74, 6) is -0.0748. The smallest absolute Gasteiger partial charge is 0.255 e. The van der Waals surface area contributed by atoms with Crippen molar-refractivity contribution < 1.29 is 4.79 Å². The van der Waals surface area contributed by atoms with E-state index in [1.165, 1.54) is 22.4 Å². The Kier molecular flexibility index (Phi) is 6.29. The predicted octanol–water partition coefficient (Wildman–Crippen LogP) is 5.79. The number of nitrogens with zero attached hydrogens (tertiary/aromatic N) is 1. The minimum Gasteiger partial charge on any atom is -0.374 e. The van der Waals surface area contributed by atoms with Crippen LogP contribution in [0.4, 0.5) is 5.69 Å². The van der Waals surface area contributed by atoms with Gasteiger partial charge in [0.2, 0.25) is 0 Å². The normalized spacial score (nSPS) is 12.2. The van der Waals surface area contributed by atoms with Crippen molar-refractivity contribution in [1.82, 2.24) is 4.90 Å². The van der Waals surface area contributed by atoms with Crippen molar-refractivity contribution in [2.24, 2.45) is 0 Å². The highest BCUT2D eigenvalue weighted by Gasteiger charge is 2.17. The maximum Gasteiger partial charge on any atom is 0.255 e. The second-order valence-corrected chi connectivity index (χ2v) is 7.77. The molecule has 3 heteroatoms. The third-order valence-electron chi connectivity index (χ3n) is 5.54. The largest absolute Gasteiger partial charge is 0.374 e. The zero-order valence-electron chi connectivity index (χ0n) is 17.5. The summed E-state index contributed by atoms with van der Waals surface area (Å²) in [6.07, 6.45) is 5.43. The Hall–Kier alpha value is -3.33. The number of rotatable bonds is 8. The molecule has 0 aromatic heterocycles. The van der Waals surface area contributed by atoms with E-state index in [2.05, 4.69) is 59.6 Å². The number of benzene rings is 3. The first-order chi connectivity index (χ1) is 14.7. The summed E-state index contributed by atoms with van der Waals surface area (Å²) in [4.78, 5) is 14.9. The minimum atomic E-state index is -0.0748. The monoisotopic (exact) mass is 396 g/mol. The molecule has 0 bridgehead atoms. The van der Waals surface area contributed by atoms with E-state index in [4.69, 9.17) is 0 Å². The number of anilines is 1. The zero-order chi connectivity index (χ0) is 20.8. The summed E-state index contributed by atoms with van der Waals surface area (Å²) >= 11 is 0. The molecule has 0 aliphatic heterocycles. The molecule has 0 unspecified atom stereocenters. The molecule has 0 spiro atoms. The molecule has 1 aliphatic carbocycles. The van der Waals surface area contributed by atoms with E-state index in [1.807, 2.05) is 42.5 Å². The summed E-state index contributed by atoms with van der Waals surface area (Å²) in [5, 5.41) is 3.01. The van der Waals surface area contributed by atoms with E-state index in [0.29, 0.717) is 5.56 Å². The van der Waals surface area contributed by atoms with Crippen LogP contribution in [0.2, 0.25) is 0 Å². The van der Waals surface area contributed by atoms with Crippen molar-refractivity contribution in [3.63, 3.8) is 0 Å². The van der Waals surface area contributed by atoms with Crippen LogP contribution in [0, 0.1) is 0 Å². The van der Waals surface area contributed by atoms with Crippen LogP contribution in [-0.4, -0.2) is 23.9 Å². The van der Waals surface area contributed by atoms with E-state index >= 15 is 0 Å². The summed E-state index contributed by atoms with van der Waals surface area (Å²) < 4.78 is 0. The number of carbonyl (C=O) groups excluding carboxylic acids is 1. The van der Waals surface area contributed by atoms with Crippen molar-refractivity contribution in [2.45, 2.75) is 26.2 Å². The molecule has 3 aromatic carbocycles. The summed E-state index contributed by atoms with van der Waals surface area (Å²) in [6.45, 7) is 4.27. The van der Waals surface area contributed by atoms with Crippen molar-refractivity contribution in [3.05, 3.63) is 107 Å². The summed E-state index contributed by atoms with van der Waals surface area (Å²) in [6, 6.07) is 26.2. The molecule has 0 heterocycles. The fourth-order valence-electron chi connectivity index (χ4n) is 4.00. The SMILES string of the molecule is CCCN(CCc1cccc(NC(=O)c2ccccc2)c1)C1=Cc2ccccc2C1. The van der Waals surface area contributed by atoms with Crippen molar-refractivity contribution in [2.75, 3.05) is 18.4 Å². The van der Waals surface area contributed by atoms with E-state index in [1.54, 1.807) is 0 Å². The van der Waals surface area contributed by atoms with Crippen LogP contribution in [0.15, 0.2) is 84.6 Å². The highest BCUT2D eigenvalue weighted by Crippen LogP contribution is 2.27. The number of nitrogens with one attached hydrogen (secondary N) is 1. The van der Waals surface area contributed by atoms with Crippen LogP contribution in [0.1, 0.15) is 40.4 Å². The molecule has 30 heavy (non-hydrogen) atoms. The van der Waals surface area contributed by atoms with Crippen LogP contribution >= 0.6 is 0 Å². The number of amides is 1. The van der Waals surface area contributed by atoms with Crippen LogP contribution < -0.4 is 5.32 Å². The average Bonchev–Trinajstić information content (AvgIpc) is 3.21. The van der Waals surface area contributed by atoms with Gasteiger partial charge in [0.05, 0.1) is 0 Å². The molecule has 0 radical (unpaired) electrons. The lowest BCUT2D eigenvalue weighted by Crippen LogP contribution is -2.26. The lowest BCUT2D eigenvalue weighted by atomic mass is 10.1. The number of allylic oxidation sites excluding steroid dienone is 1. The molecule has 1 amide bonds. The van der Waals surface area contributed by atoms with Gasteiger partial charge in [-0.15, -0.1) is 0 Å². The van der Waals surface area contributed by atoms with Gasteiger partial charge >= 0.3 is 0 Å². The maximum atomic E-state index is 12.4. The quantitative estimate of drug-likeness (QED) is 0.523. The maximum absolute atomic E-state index is 12.4. The van der Waals surface area contributed by atoms with E-state index in [-0.39, 0.29) is 5.91 Å². The van der Waals surface area contributed by atoms with Crippen molar-refractivity contribution in [1.29, 1.82) is 0 Å². The highest BCUT2D eigenvalue weighted by atomic mass is 16.1. The lowest BCUT2D eigenvalue weighted by molar-refractivity contribution is 0.102. The van der Waals surface area contributed by atoms with Gasteiger partial charge in [-0.1, -0.05) is 61.5 Å². The molecule has 152 valence electrons. The zero-order valence-corrected chi connectivity index (χ0v) is 17.5. The topological polar surface area (TPSA) is 32.3 Å². The van der Waals surface area contributed by atoms with Gasteiger partial charge in [0.25, 0.3) is 5.91 Å². The van der Waals surface area contributed by atoms with Gasteiger partial charge in [-0.25, -0.2) is 0 Å². The number of hydrogen-bond acceptors (Lipinski definition) is 2. The third-order valence-corrected chi connectivity index (χ3v) is 5.54. The number of fused-ring (bicyclic) bond motifs is 1. The molecule has 3 nitrogen and oxygen atoms in total. The first kappa shape index (κ1) is 20.0. The Morgan fingerprint density at radius 2 is 1.73 bits per heavy atom. The standard InChI is InChI=1S/C27H28N2O/c1-2-16-29(26-19-23-12-6-7-13-24(23)20-26)17-15-21-9-8-14-25(18-21)28-27(30)22-10-4-3-5-11-22/h3-14,18-19H,2,15-17,20H2,1H3,(H,28,30). The molecular weight excluding hydrogens is 368 g/mol. The third kappa shape index (κ3) is 4.80. The van der Waals surface area contributed by atoms with Gasteiger partial charge in [0.1, 0.15) is 0 Å². The summed E-state index contributed by atoms with van der Waals surface area (Å²) in [5.41, 5.74) is 6.92. The van der Waals surface area contributed by atoms with Crippen molar-refractivity contribution >= 4 is 17.7 Å². The Morgan fingerprint density at radius 3 is 2.53 bits per heavy atom. The Balaban J connectivity index is 1.40. The molecule has 0 saturated heterocycles. The van der Waals surface area contributed by atoms with Crippen LogP contribution in [-0.2, 0) is 12.8 Å². The molecular formula is C27H28N2O. The van der Waals surface area contributed by atoms with Gasteiger partial charge in [0.15, 0.2) is 0 Å². The van der Waals surface area contributed by atoms with Crippen LogP contribution in [0.3, 0.4) is 0 Å². The number of hydrogen-bond donors (Lipinski definition) is 1. The van der Waals surface area contributed by atoms with Crippen molar-refractivity contribution in [3.8, 4) is 0 Å². The molecule has 1 N–H and O–H groups in total. The van der Waals surface area contributed by atoms with E-state index in [9.17, 15) is 4.79 Å². The Morgan fingerprint density at radius 1 is 0.933 bits per heavy atom. The first-order valence-corrected chi connectivity index (χ1v) is 10.7. The molecule has 0 atom stereocenters. The van der Waals surface area contributed by atoms with Gasteiger partial charge < -0.3 is 10.2 Å².